The van der Waals surface area contributed by atoms with Gasteiger partial charge in [0.2, 0.25) is 11.8 Å². The van der Waals surface area contributed by atoms with E-state index in [1.807, 2.05) is 60.7 Å². The highest BCUT2D eigenvalue weighted by Crippen LogP contribution is 2.10. The average molecular weight is 379 g/mol. The van der Waals surface area contributed by atoms with E-state index in [1.165, 1.54) is 6.92 Å². The van der Waals surface area contributed by atoms with Gasteiger partial charge in [0, 0.05) is 26.4 Å². The molecule has 0 saturated heterocycles. The van der Waals surface area contributed by atoms with Crippen LogP contribution in [0.4, 0.5) is 0 Å². The zero-order chi connectivity index (χ0) is 20.4. The fraction of sp³-hybridized carbons (Fsp3) is 0.227. The van der Waals surface area contributed by atoms with Gasteiger partial charge in [0.05, 0.1) is 0 Å². The molecule has 0 aromatic heterocycles. The van der Waals surface area contributed by atoms with Crippen molar-refractivity contribution in [2.45, 2.75) is 19.8 Å². The maximum atomic E-state index is 13.1. The summed E-state index contributed by atoms with van der Waals surface area (Å²) in [5.41, 5.74) is 7.30. The number of carbonyl (C=O) groups excluding carboxylic acids is 3. The Bertz CT molecular complexity index is 833. The number of benzene rings is 2. The quantitative estimate of drug-likeness (QED) is 0.654. The topological polar surface area (TPSA) is 92.5 Å². The van der Waals surface area contributed by atoms with E-state index in [-0.39, 0.29) is 30.5 Å². The molecular weight excluding hydrogens is 354 g/mol. The maximum Gasteiger partial charge on any atom is 0.270 e. The molecule has 2 aromatic rings. The minimum atomic E-state index is -0.481. The van der Waals surface area contributed by atoms with E-state index < -0.39 is 5.91 Å². The van der Waals surface area contributed by atoms with E-state index in [0.29, 0.717) is 13.0 Å². The number of hydrogen-bond donors (Lipinski definition) is 2. The Balaban J connectivity index is 2.23. The molecule has 0 heterocycles. The van der Waals surface area contributed by atoms with Crippen LogP contribution in [0.2, 0.25) is 0 Å². The minimum Gasteiger partial charge on any atom is -0.370 e. The molecule has 0 aliphatic heterocycles. The molecule has 6 heteroatoms. The molecule has 0 fully saturated rings. The van der Waals surface area contributed by atoms with Gasteiger partial charge in [-0.05, 0) is 23.6 Å². The maximum absolute atomic E-state index is 13.1. The van der Waals surface area contributed by atoms with Crippen LogP contribution >= 0.6 is 0 Å². The lowest BCUT2D eigenvalue weighted by Gasteiger charge is -2.24. The molecule has 6 nitrogen and oxygen atoms in total. The first kappa shape index (κ1) is 20.9. The van der Waals surface area contributed by atoms with Gasteiger partial charge in [0.25, 0.3) is 5.91 Å². The van der Waals surface area contributed by atoms with Crippen molar-refractivity contribution < 1.29 is 14.4 Å². The zero-order valence-corrected chi connectivity index (χ0v) is 15.9. The minimum absolute atomic E-state index is 0.0548. The predicted molar refractivity (Wildman–Crippen MR) is 109 cm³/mol. The normalized spacial score (nSPS) is 11.0. The van der Waals surface area contributed by atoms with Crippen molar-refractivity contribution in [1.29, 1.82) is 0 Å². The van der Waals surface area contributed by atoms with E-state index in [4.69, 9.17) is 5.73 Å². The van der Waals surface area contributed by atoms with Gasteiger partial charge in [-0.15, -0.1) is 0 Å². The van der Waals surface area contributed by atoms with Crippen LogP contribution in [0.25, 0.3) is 6.08 Å². The fourth-order valence-corrected chi connectivity index (χ4v) is 2.70. The van der Waals surface area contributed by atoms with Crippen LogP contribution in [-0.2, 0) is 20.8 Å². The average Bonchev–Trinajstić information content (AvgIpc) is 2.68. The summed E-state index contributed by atoms with van der Waals surface area (Å²) in [4.78, 5) is 37.5. The van der Waals surface area contributed by atoms with E-state index >= 15 is 0 Å². The molecule has 0 saturated carbocycles. The monoisotopic (exact) mass is 379 g/mol. The molecule has 3 N–H and O–H groups in total. The van der Waals surface area contributed by atoms with Crippen LogP contribution in [0, 0.1) is 0 Å². The Labute approximate surface area is 165 Å². The van der Waals surface area contributed by atoms with E-state index in [0.717, 1.165) is 11.1 Å². The third-order valence-electron chi connectivity index (χ3n) is 4.08. The van der Waals surface area contributed by atoms with Gasteiger partial charge in [-0.2, -0.15) is 0 Å². The van der Waals surface area contributed by atoms with Crippen LogP contribution in [0.1, 0.15) is 24.5 Å². The SMILES string of the molecule is CC(=O)N/C(=C/c1ccccc1)C(=O)N(CCC(N)=O)CCc1ccccc1. The zero-order valence-electron chi connectivity index (χ0n) is 15.9. The molecule has 2 rings (SSSR count). The summed E-state index contributed by atoms with van der Waals surface area (Å²) in [6, 6.07) is 19.0. The number of carbonyl (C=O) groups is 3. The second-order valence-electron chi connectivity index (χ2n) is 6.39. The number of nitrogens with two attached hydrogens (primary N) is 1. The van der Waals surface area contributed by atoms with Gasteiger partial charge in [0.15, 0.2) is 0 Å². The van der Waals surface area contributed by atoms with Crippen LogP contribution in [0.3, 0.4) is 0 Å². The van der Waals surface area contributed by atoms with Crippen molar-refractivity contribution in [2.24, 2.45) is 5.73 Å². The fourth-order valence-electron chi connectivity index (χ4n) is 2.70. The van der Waals surface area contributed by atoms with Crippen LogP contribution in [-0.4, -0.2) is 35.7 Å². The van der Waals surface area contributed by atoms with Crippen LogP contribution in [0.5, 0.6) is 0 Å². The molecule has 0 atom stereocenters. The molecule has 146 valence electrons. The number of nitrogens with zero attached hydrogens (tertiary/aromatic N) is 1. The van der Waals surface area contributed by atoms with E-state index in [1.54, 1.807) is 11.0 Å². The number of amides is 3. The van der Waals surface area contributed by atoms with E-state index in [2.05, 4.69) is 5.32 Å². The van der Waals surface area contributed by atoms with Crippen LogP contribution < -0.4 is 11.1 Å². The number of primary amides is 1. The molecule has 3 amide bonds. The highest BCUT2D eigenvalue weighted by molar-refractivity contribution is 6.01. The Morgan fingerprint density at radius 2 is 1.57 bits per heavy atom. The number of nitrogens with one attached hydrogen (secondary N) is 1. The highest BCUT2D eigenvalue weighted by Gasteiger charge is 2.20. The summed E-state index contributed by atoms with van der Waals surface area (Å²) >= 11 is 0. The van der Waals surface area contributed by atoms with Gasteiger partial charge in [-0.3, -0.25) is 14.4 Å². The van der Waals surface area contributed by atoms with E-state index in [9.17, 15) is 14.4 Å². The van der Waals surface area contributed by atoms with Crippen molar-refractivity contribution in [3.05, 3.63) is 77.5 Å². The van der Waals surface area contributed by atoms with Crippen molar-refractivity contribution in [3.63, 3.8) is 0 Å². The molecule has 0 radical (unpaired) electrons. The number of rotatable bonds is 9. The lowest BCUT2D eigenvalue weighted by molar-refractivity contribution is -0.130. The first-order chi connectivity index (χ1) is 13.5. The molecule has 2 aromatic carbocycles. The lowest BCUT2D eigenvalue weighted by Crippen LogP contribution is -2.40. The summed E-state index contributed by atoms with van der Waals surface area (Å²) in [5.74, 6) is -1.17. The summed E-state index contributed by atoms with van der Waals surface area (Å²) in [7, 11) is 0. The number of hydrogen-bond acceptors (Lipinski definition) is 3. The molecule has 0 spiro atoms. The third-order valence-corrected chi connectivity index (χ3v) is 4.08. The van der Waals surface area contributed by atoms with Gasteiger partial charge in [-0.1, -0.05) is 60.7 Å². The Hall–Kier alpha value is -3.41. The van der Waals surface area contributed by atoms with Crippen molar-refractivity contribution in [2.75, 3.05) is 13.1 Å². The Kier molecular flexibility index (Phi) is 7.96. The second kappa shape index (κ2) is 10.7. The van der Waals surface area contributed by atoms with Crippen molar-refractivity contribution in [1.82, 2.24) is 10.2 Å². The molecular formula is C22H25N3O3. The third kappa shape index (κ3) is 7.07. The summed E-state index contributed by atoms with van der Waals surface area (Å²) < 4.78 is 0. The molecule has 0 aliphatic carbocycles. The highest BCUT2D eigenvalue weighted by atomic mass is 16.2. The van der Waals surface area contributed by atoms with Crippen LogP contribution in [0.15, 0.2) is 66.4 Å². The summed E-state index contributed by atoms with van der Waals surface area (Å²) in [6.07, 6.45) is 2.31. The lowest BCUT2D eigenvalue weighted by atomic mass is 10.1. The summed E-state index contributed by atoms with van der Waals surface area (Å²) in [5, 5.41) is 2.61. The molecule has 28 heavy (non-hydrogen) atoms. The predicted octanol–water partition coefficient (Wildman–Crippen LogP) is 2.11. The van der Waals surface area contributed by atoms with Crippen molar-refractivity contribution >= 4 is 23.8 Å². The van der Waals surface area contributed by atoms with Gasteiger partial charge in [-0.25, -0.2) is 0 Å². The molecule has 0 aliphatic rings. The van der Waals surface area contributed by atoms with Gasteiger partial charge in [0.1, 0.15) is 5.70 Å². The first-order valence-electron chi connectivity index (χ1n) is 9.11. The smallest absolute Gasteiger partial charge is 0.270 e. The largest absolute Gasteiger partial charge is 0.370 e. The second-order valence-corrected chi connectivity index (χ2v) is 6.39. The Morgan fingerprint density at radius 1 is 0.964 bits per heavy atom. The van der Waals surface area contributed by atoms with Gasteiger partial charge < -0.3 is 16.0 Å². The Morgan fingerprint density at radius 3 is 2.14 bits per heavy atom. The molecule has 0 bridgehead atoms. The first-order valence-corrected chi connectivity index (χ1v) is 9.11. The van der Waals surface area contributed by atoms with Crippen molar-refractivity contribution in [3.8, 4) is 0 Å². The molecule has 0 unspecified atom stereocenters. The summed E-state index contributed by atoms with van der Waals surface area (Å²) in [6.45, 7) is 1.94. The van der Waals surface area contributed by atoms with Gasteiger partial charge >= 0.3 is 0 Å². The standard InChI is InChI=1S/C22H25N3O3/c1-17(26)24-20(16-19-10-6-3-7-11-19)22(28)25(15-13-21(23)27)14-12-18-8-4-2-5-9-18/h2-11,16H,12-15H2,1H3,(H2,23,27)(H,24,26)/b20-16+.